The van der Waals surface area contributed by atoms with Crippen LogP contribution in [0.5, 0.6) is 5.75 Å². The number of carbonyl (C=O) groups is 2. The van der Waals surface area contributed by atoms with Crippen LogP contribution in [0.4, 0.5) is 13.2 Å². The molecule has 0 bridgehead atoms. The van der Waals surface area contributed by atoms with Crippen LogP contribution in [0.25, 0.3) is 0 Å². The van der Waals surface area contributed by atoms with Crippen LogP contribution in [0.3, 0.4) is 0 Å². The van der Waals surface area contributed by atoms with Crippen LogP contribution >= 0.6 is 9.24 Å². The average Bonchev–Trinajstić information content (AvgIpc) is 3.39. The summed E-state index contributed by atoms with van der Waals surface area (Å²) in [5, 5.41) is 7.12. The molecule has 1 aromatic rings. The van der Waals surface area contributed by atoms with Crippen molar-refractivity contribution in [2.24, 2.45) is 17.3 Å². The quantitative estimate of drug-likeness (QED) is 0.179. The van der Waals surface area contributed by atoms with E-state index in [4.69, 9.17) is 9.47 Å². The Balaban J connectivity index is 1.64. The van der Waals surface area contributed by atoms with Gasteiger partial charge in [0.25, 0.3) is 5.92 Å². The summed E-state index contributed by atoms with van der Waals surface area (Å²) in [6, 6.07) is 8.67. The van der Waals surface area contributed by atoms with Gasteiger partial charge in [-0.1, -0.05) is 38.1 Å². The predicted octanol–water partition coefficient (Wildman–Crippen LogP) is 4.93. The number of allylic oxidation sites excluding steroid dienone is 4. The molecule has 0 amide bonds. The fraction of sp³-hybridized carbons (Fsp3) is 0.444. The van der Waals surface area contributed by atoms with Gasteiger partial charge in [0.1, 0.15) is 22.9 Å². The lowest BCUT2D eigenvalue weighted by Gasteiger charge is -2.30. The van der Waals surface area contributed by atoms with Gasteiger partial charge in [0.15, 0.2) is 14.0 Å². The zero-order valence-corrected chi connectivity index (χ0v) is 22.8. The molecular formula is C27H30BF3NO5P. The van der Waals surface area contributed by atoms with Gasteiger partial charge in [-0.2, -0.15) is 5.26 Å². The van der Waals surface area contributed by atoms with Crippen molar-refractivity contribution < 1.29 is 37.0 Å². The first-order chi connectivity index (χ1) is 17.6. The summed E-state index contributed by atoms with van der Waals surface area (Å²) in [5.74, 6) is -5.40. The number of hydrogen-bond acceptors (Lipinski definition) is 6. The van der Waals surface area contributed by atoms with Crippen LogP contribution in [-0.2, 0) is 19.1 Å². The molecule has 1 fully saturated rings. The summed E-state index contributed by atoms with van der Waals surface area (Å²) in [6.07, 6.45) is 6.40. The third-order valence-electron chi connectivity index (χ3n) is 6.52. The van der Waals surface area contributed by atoms with Crippen molar-refractivity contribution in [1.82, 2.24) is 0 Å². The van der Waals surface area contributed by atoms with Crippen molar-refractivity contribution in [3.8, 4) is 11.8 Å². The van der Waals surface area contributed by atoms with Crippen LogP contribution in [0.15, 0.2) is 60.4 Å². The number of carbonyl (C=O) groups excluding carboxylic acids is 2. The summed E-state index contributed by atoms with van der Waals surface area (Å²) >= 11 is 0. The molecule has 0 aromatic heterocycles. The Kier molecular flexibility index (Phi) is 8.83. The number of rotatable bonds is 10. The summed E-state index contributed by atoms with van der Waals surface area (Å²) in [6.45, 7) is 4.00. The lowest BCUT2D eigenvalue weighted by molar-refractivity contribution is -0.172. The maximum absolute atomic E-state index is 14.1. The highest BCUT2D eigenvalue weighted by atomic mass is 31.0. The van der Waals surface area contributed by atoms with Crippen molar-refractivity contribution in [3.63, 3.8) is 0 Å². The fourth-order valence-corrected chi connectivity index (χ4v) is 4.80. The number of ether oxygens (including phenoxy) is 3. The molecule has 6 atom stereocenters. The van der Waals surface area contributed by atoms with Gasteiger partial charge in [0.2, 0.25) is 6.10 Å². The molecular weight excluding hydrogens is 517 g/mol. The van der Waals surface area contributed by atoms with Gasteiger partial charge in [-0.05, 0) is 48.5 Å². The Morgan fingerprint density at radius 2 is 1.97 bits per heavy atom. The van der Waals surface area contributed by atoms with E-state index in [0.717, 1.165) is 26.8 Å². The van der Waals surface area contributed by atoms with Gasteiger partial charge in [0, 0.05) is 18.6 Å². The van der Waals surface area contributed by atoms with Crippen molar-refractivity contribution in [2.45, 2.75) is 57.1 Å². The highest BCUT2D eigenvalue weighted by Gasteiger charge is 2.61. The number of hydrogen-bond donors (Lipinski definition) is 0. The Labute approximate surface area is 223 Å². The Bertz CT molecular complexity index is 1180. The molecule has 202 valence electrons. The first kappa shape index (κ1) is 29.5. The van der Waals surface area contributed by atoms with Crippen LogP contribution in [-0.4, -0.2) is 37.1 Å². The standard InChI is InChI=1S/C27H30BF3NO5P/c1-25(2)19(12-13-21(33)37-24(26(3,29)30)27(28,31)38)22(25)23(34)36-20(15-32)16-8-7-11-18(14-16)35-17-9-5-4-6-10-17/h5,7-14,19-20,22,24H,4,6,28,38H2,1-3H3/b13-12-/t19-,20?,22-,24?,27?/m0/s1. The molecule has 0 heterocycles. The van der Waals surface area contributed by atoms with Crippen LogP contribution in [0, 0.1) is 28.6 Å². The second-order valence-corrected chi connectivity index (χ2v) is 11.4. The Hall–Kier alpha value is -3.05. The van der Waals surface area contributed by atoms with Gasteiger partial charge >= 0.3 is 11.9 Å². The number of benzene rings is 1. The lowest BCUT2D eigenvalue weighted by Crippen LogP contribution is -2.47. The van der Waals surface area contributed by atoms with E-state index in [0.29, 0.717) is 24.0 Å². The second kappa shape index (κ2) is 11.4. The first-order valence-electron chi connectivity index (χ1n) is 12.1. The van der Waals surface area contributed by atoms with E-state index in [2.05, 4.69) is 4.74 Å². The van der Waals surface area contributed by atoms with Crippen molar-refractivity contribution in [2.75, 3.05) is 0 Å². The highest BCUT2D eigenvalue weighted by Crippen LogP contribution is 2.59. The smallest absolute Gasteiger partial charge is 0.331 e. The molecule has 1 saturated carbocycles. The van der Waals surface area contributed by atoms with Crippen molar-refractivity contribution in [3.05, 3.63) is 66.0 Å². The fourth-order valence-electron chi connectivity index (χ4n) is 4.44. The topological polar surface area (TPSA) is 85.6 Å². The SMILES string of the molecule is BC(F)(P)C(OC(=O)/C=C\[C@H]1[C@@H](C(=O)OC(C#N)c2cccc(OC3=CCCC=C3)c2)C1(C)C)C(C)(F)F. The maximum Gasteiger partial charge on any atom is 0.331 e. The Morgan fingerprint density at radius 3 is 2.55 bits per heavy atom. The summed E-state index contributed by atoms with van der Waals surface area (Å²) in [5.41, 5.74) is -0.187. The van der Waals surface area contributed by atoms with Gasteiger partial charge in [-0.25, -0.2) is 18.0 Å². The minimum Gasteiger partial charge on any atom is -0.458 e. The molecule has 3 rings (SSSR count). The van der Waals surface area contributed by atoms with Gasteiger partial charge in [0.05, 0.1) is 5.92 Å². The molecule has 2 aliphatic rings. The molecule has 4 unspecified atom stereocenters. The van der Waals surface area contributed by atoms with Gasteiger partial charge in [-0.15, -0.1) is 9.24 Å². The maximum atomic E-state index is 14.1. The van der Waals surface area contributed by atoms with E-state index in [1.165, 1.54) is 6.08 Å². The predicted molar refractivity (Wildman–Crippen MR) is 140 cm³/mol. The molecule has 0 aliphatic heterocycles. The van der Waals surface area contributed by atoms with E-state index in [1.807, 2.05) is 24.3 Å². The zero-order chi connectivity index (χ0) is 28.3. The molecule has 1 aromatic carbocycles. The molecule has 6 nitrogen and oxygen atoms in total. The van der Waals surface area contributed by atoms with Crippen LogP contribution in [0.2, 0.25) is 0 Å². The minimum absolute atomic E-state index is 0.436. The van der Waals surface area contributed by atoms with E-state index in [1.54, 1.807) is 47.4 Å². The second-order valence-electron chi connectivity index (χ2n) is 10.3. The molecule has 11 heteroatoms. The Morgan fingerprint density at radius 1 is 1.26 bits per heavy atom. The monoisotopic (exact) mass is 547 g/mol. The van der Waals surface area contributed by atoms with E-state index >= 15 is 0 Å². The van der Waals surface area contributed by atoms with Crippen LogP contribution in [0.1, 0.15) is 45.3 Å². The lowest BCUT2D eigenvalue weighted by atomic mass is 9.91. The summed E-state index contributed by atoms with van der Waals surface area (Å²) < 4.78 is 57.6. The van der Waals surface area contributed by atoms with Gasteiger partial charge < -0.3 is 14.2 Å². The average molecular weight is 547 g/mol. The molecule has 0 spiro atoms. The van der Waals surface area contributed by atoms with E-state index in [-0.39, 0.29) is 0 Å². The molecule has 0 N–H and O–H groups in total. The molecule has 38 heavy (non-hydrogen) atoms. The third kappa shape index (κ3) is 7.29. The summed E-state index contributed by atoms with van der Waals surface area (Å²) in [4.78, 5) is 25.1. The third-order valence-corrected chi connectivity index (χ3v) is 6.82. The van der Waals surface area contributed by atoms with Crippen LogP contribution < -0.4 is 4.74 Å². The number of esters is 2. The number of nitriles is 1. The van der Waals surface area contributed by atoms with Gasteiger partial charge in [-0.3, -0.25) is 4.79 Å². The zero-order valence-electron chi connectivity index (χ0n) is 21.6. The van der Waals surface area contributed by atoms with Crippen molar-refractivity contribution >= 4 is 29.0 Å². The normalized spacial score (nSPS) is 23.4. The molecule has 0 radical (unpaired) electrons. The summed E-state index contributed by atoms with van der Waals surface area (Å²) in [7, 11) is 2.47. The van der Waals surface area contributed by atoms with Crippen molar-refractivity contribution in [1.29, 1.82) is 5.26 Å². The first-order valence-corrected chi connectivity index (χ1v) is 12.7. The molecule has 0 saturated heterocycles. The number of nitrogens with zero attached hydrogens (tertiary/aromatic N) is 1. The number of halogens is 3. The van der Waals surface area contributed by atoms with E-state index in [9.17, 15) is 28.0 Å². The minimum atomic E-state index is -3.61. The largest absolute Gasteiger partial charge is 0.458 e. The number of alkyl halides is 3. The van der Waals surface area contributed by atoms with E-state index < -0.39 is 52.6 Å². The molecule has 2 aliphatic carbocycles. The highest BCUT2D eigenvalue weighted by molar-refractivity contribution is 7.22.